The number of nitrogens with one attached hydrogen (secondary N) is 1. The summed E-state index contributed by atoms with van der Waals surface area (Å²) in [7, 11) is 1.55. The van der Waals surface area contributed by atoms with Crippen molar-refractivity contribution in [3.8, 4) is 11.5 Å². The van der Waals surface area contributed by atoms with Crippen LogP contribution in [-0.4, -0.2) is 30.2 Å². The predicted molar refractivity (Wildman–Crippen MR) is 92.7 cm³/mol. The zero-order valence-electron chi connectivity index (χ0n) is 14.1. The van der Waals surface area contributed by atoms with Crippen LogP contribution in [0.2, 0.25) is 0 Å². The molecular weight excluding hydrogens is 322 g/mol. The van der Waals surface area contributed by atoms with Crippen LogP contribution in [0.3, 0.4) is 0 Å². The molecule has 0 fully saturated rings. The summed E-state index contributed by atoms with van der Waals surface area (Å²) in [6.45, 7) is 1.62. The van der Waals surface area contributed by atoms with E-state index in [2.05, 4.69) is 5.32 Å². The number of para-hydroxylation sites is 1. The molecule has 0 aliphatic rings. The van der Waals surface area contributed by atoms with Crippen molar-refractivity contribution in [3.63, 3.8) is 0 Å². The van der Waals surface area contributed by atoms with Gasteiger partial charge in [-0.25, -0.2) is 0 Å². The Hall–Kier alpha value is -3.02. The van der Waals surface area contributed by atoms with Crippen LogP contribution in [0.4, 0.5) is 0 Å². The summed E-state index contributed by atoms with van der Waals surface area (Å²) in [5.74, 6) is -0.155. The zero-order chi connectivity index (χ0) is 18.2. The number of carboxylic acids is 1. The monoisotopic (exact) mass is 343 g/mol. The van der Waals surface area contributed by atoms with Gasteiger partial charge >= 0.3 is 5.97 Å². The van der Waals surface area contributed by atoms with Crippen molar-refractivity contribution < 1.29 is 24.2 Å². The number of carbonyl (C=O) groups excluding carboxylic acids is 1. The van der Waals surface area contributed by atoms with Crippen molar-refractivity contribution in [1.29, 1.82) is 0 Å². The molecular formula is C19H21NO5. The summed E-state index contributed by atoms with van der Waals surface area (Å²) in [4.78, 5) is 23.5. The molecule has 2 aromatic rings. The van der Waals surface area contributed by atoms with Gasteiger partial charge in [-0.05, 0) is 36.8 Å². The van der Waals surface area contributed by atoms with E-state index in [4.69, 9.17) is 14.6 Å². The van der Waals surface area contributed by atoms with Crippen LogP contribution >= 0.6 is 0 Å². The number of amides is 1. The number of carboxylic acid groups (broad SMARTS) is 1. The molecule has 25 heavy (non-hydrogen) atoms. The summed E-state index contributed by atoms with van der Waals surface area (Å²) in [5, 5.41) is 11.9. The van der Waals surface area contributed by atoms with E-state index in [-0.39, 0.29) is 12.3 Å². The van der Waals surface area contributed by atoms with Crippen LogP contribution in [-0.2, 0) is 9.59 Å². The number of methoxy groups -OCH3 is 1. The lowest BCUT2D eigenvalue weighted by molar-refractivity contribution is -0.138. The highest BCUT2D eigenvalue weighted by Gasteiger charge is 2.22. The third-order valence-corrected chi connectivity index (χ3v) is 3.64. The Morgan fingerprint density at radius 1 is 1.04 bits per heavy atom. The van der Waals surface area contributed by atoms with Gasteiger partial charge in [0.05, 0.1) is 19.6 Å². The van der Waals surface area contributed by atoms with Crippen molar-refractivity contribution >= 4 is 11.9 Å². The summed E-state index contributed by atoms with van der Waals surface area (Å²) in [6.07, 6.45) is -0.979. The van der Waals surface area contributed by atoms with Gasteiger partial charge in [0.1, 0.15) is 11.5 Å². The molecule has 0 bridgehead atoms. The standard InChI is InChI=1S/C19H21NO5/c1-13(25-16-6-4-3-5-7-16)19(23)20-17(12-18(21)22)14-8-10-15(24-2)11-9-14/h3-11,13,17H,12H2,1-2H3,(H,20,23)(H,21,22)/t13-,17+/m1/s1. The number of carbonyl (C=O) groups is 2. The van der Waals surface area contributed by atoms with Crippen molar-refractivity contribution in [1.82, 2.24) is 5.32 Å². The molecule has 0 unspecified atom stereocenters. The normalized spacial score (nSPS) is 12.7. The minimum atomic E-state index is -1.00. The van der Waals surface area contributed by atoms with Crippen LogP contribution in [0, 0.1) is 0 Å². The molecule has 0 saturated heterocycles. The molecule has 0 aliphatic carbocycles. The largest absolute Gasteiger partial charge is 0.497 e. The van der Waals surface area contributed by atoms with E-state index >= 15 is 0 Å². The Kier molecular flexibility index (Phi) is 6.39. The fraction of sp³-hybridized carbons (Fsp3) is 0.263. The second-order valence-electron chi connectivity index (χ2n) is 5.51. The third-order valence-electron chi connectivity index (χ3n) is 3.64. The maximum absolute atomic E-state index is 12.4. The molecule has 1 amide bonds. The maximum atomic E-state index is 12.4. The van der Waals surface area contributed by atoms with E-state index < -0.39 is 18.1 Å². The first-order valence-electron chi connectivity index (χ1n) is 7.87. The number of rotatable bonds is 8. The number of aliphatic carboxylic acids is 1. The molecule has 0 aromatic heterocycles. The van der Waals surface area contributed by atoms with Crippen molar-refractivity contribution in [2.24, 2.45) is 0 Å². The van der Waals surface area contributed by atoms with Gasteiger partial charge in [-0.1, -0.05) is 30.3 Å². The van der Waals surface area contributed by atoms with Gasteiger partial charge in [0.15, 0.2) is 6.10 Å². The van der Waals surface area contributed by atoms with E-state index in [1.165, 1.54) is 0 Å². The molecule has 132 valence electrons. The topological polar surface area (TPSA) is 84.9 Å². The summed E-state index contributed by atoms with van der Waals surface area (Å²) >= 11 is 0. The Bertz CT molecular complexity index is 700. The Morgan fingerprint density at radius 3 is 2.24 bits per heavy atom. The molecule has 0 radical (unpaired) electrons. The summed E-state index contributed by atoms with van der Waals surface area (Å²) in [5.41, 5.74) is 0.684. The average molecular weight is 343 g/mol. The molecule has 6 nitrogen and oxygen atoms in total. The quantitative estimate of drug-likeness (QED) is 0.770. The smallest absolute Gasteiger partial charge is 0.305 e. The van der Waals surface area contributed by atoms with Crippen LogP contribution in [0.5, 0.6) is 11.5 Å². The molecule has 0 saturated carbocycles. The SMILES string of the molecule is COc1ccc([C@H](CC(=O)O)NC(=O)[C@@H](C)Oc2ccccc2)cc1. The second-order valence-corrected chi connectivity index (χ2v) is 5.51. The average Bonchev–Trinajstić information content (AvgIpc) is 2.61. The van der Waals surface area contributed by atoms with Crippen LogP contribution in [0.15, 0.2) is 54.6 Å². The highest BCUT2D eigenvalue weighted by molar-refractivity contribution is 5.82. The lowest BCUT2D eigenvalue weighted by Gasteiger charge is -2.21. The molecule has 6 heteroatoms. The molecule has 0 spiro atoms. The van der Waals surface area contributed by atoms with E-state index in [1.54, 1.807) is 50.4 Å². The first kappa shape index (κ1) is 18.3. The number of hydrogen-bond acceptors (Lipinski definition) is 4. The highest BCUT2D eigenvalue weighted by Crippen LogP contribution is 2.21. The molecule has 2 aromatic carbocycles. The fourth-order valence-electron chi connectivity index (χ4n) is 2.31. The van der Waals surface area contributed by atoms with Gasteiger partial charge in [0, 0.05) is 0 Å². The number of hydrogen-bond donors (Lipinski definition) is 2. The van der Waals surface area contributed by atoms with Crippen molar-refractivity contribution in [3.05, 3.63) is 60.2 Å². The molecule has 2 N–H and O–H groups in total. The Morgan fingerprint density at radius 2 is 1.68 bits per heavy atom. The highest BCUT2D eigenvalue weighted by atomic mass is 16.5. The third kappa shape index (κ3) is 5.53. The van der Waals surface area contributed by atoms with Gasteiger partial charge in [0.25, 0.3) is 5.91 Å². The maximum Gasteiger partial charge on any atom is 0.305 e. The first-order chi connectivity index (χ1) is 12.0. The Balaban J connectivity index is 2.07. The minimum absolute atomic E-state index is 0.226. The van der Waals surface area contributed by atoms with Gasteiger partial charge in [-0.3, -0.25) is 9.59 Å². The van der Waals surface area contributed by atoms with Gasteiger partial charge in [-0.15, -0.1) is 0 Å². The van der Waals surface area contributed by atoms with Gasteiger partial charge in [-0.2, -0.15) is 0 Å². The number of ether oxygens (including phenoxy) is 2. The van der Waals surface area contributed by atoms with Crippen LogP contribution in [0.25, 0.3) is 0 Å². The predicted octanol–water partition coefficient (Wildman–Crippen LogP) is 2.79. The van der Waals surface area contributed by atoms with Gasteiger partial charge < -0.3 is 19.9 Å². The van der Waals surface area contributed by atoms with E-state index in [1.807, 2.05) is 18.2 Å². The fourth-order valence-corrected chi connectivity index (χ4v) is 2.31. The van der Waals surface area contributed by atoms with Crippen molar-refractivity contribution in [2.45, 2.75) is 25.5 Å². The lowest BCUT2D eigenvalue weighted by Crippen LogP contribution is -2.39. The second kappa shape index (κ2) is 8.73. The van der Waals surface area contributed by atoms with E-state index in [0.717, 1.165) is 0 Å². The minimum Gasteiger partial charge on any atom is -0.497 e. The summed E-state index contributed by atoms with van der Waals surface area (Å²) < 4.78 is 10.7. The lowest BCUT2D eigenvalue weighted by atomic mass is 10.0. The molecule has 2 atom stereocenters. The van der Waals surface area contributed by atoms with Crippen LogP contribution < -0.4 is 14.8 Å². The molecule has 2 rings (SSSR count). The van der Waals surface area contributed by atoms with Gasteiger partial charge in [0.2, 0.25) is 0 Å². The van der Waals surface area contributed by atoms with E-state index in [9.17, 15) is 9.59 Å². The summed E-state index contributed by atoms with van der Waals surface area (Å²) in [6, 6.07) is 15.2. The number of benzene rings is 2. The van der Waals surface area contributed by atoms with E-state index in [0.29, 0.717) is 17.1 Å². The molecule has 0 heterocycles. The molecule has 0 aliphatic heterocycles. The van der Waals surface area contributed by atoms with Crippen molar-refractivity contribution in [2.75, 3.05) is 7.11 Å². The van der Waals surface area contributed by atoms with Crippen LogP contribution in [0.1, 0.15) is 24.9 Å². The Labute approximate surface area is 146 Å². The first-order valence-corrected chi connectivity index (χ1v) is 7.87. The zero-order valence-corrected chi connectivity index (χ0v) is 14.1.